The van der Waals surface area contributed by atoms with Gasteiger partial charge in [-0.25, -0.2) is 0 Å². The van der Waals surface area contributed by atoms with E-state index in [9.17, 15) is 5.11 Å². The second-order valence-electron chi connectivity index (χ2n) is 7.51. The molecule has 0 spiro atoms. The highest BCUT2D eigenvalue weighted by atomic mass is 16.6. The molecule has 2 unspecified atom stereocenters. The molecule has 2 nitrogen and oxygen atoms in total. The lowest BCUT2D eigenvalue weighted by molar-refractivity contribution is -0.320. The fourth-order valence-corrected chi connectivity index (χ4v) is 4.94. The van der Waals surface area contributed by atoms with Crippen LogP contribution in [0.5, 0.6) is 0 Å². The number of hydrogen-bond acceptors (Lipinski definition) is 2. The van der Waals surface area contributed by atoms with Crippen molar-refractivity contribution >= 4 is 0 Å². The number of aliphatic hydroxyl groups is 1. The molecule has 5 atom stereocenters. The molecular formula is C15H26O2. The van der Waals surface area contributed by atoms with Crippen molar-refractivity contribution in [3.05, 3.63) is 0 Å². The van der Waals surface area contributed by atoms with Gasteiger partial charge in [0.2, 0.25) is 0 Å². The first-order valence-corrected chi connectivity index (χ1v) is 7.22. The van der Waals surface area contributed by atoms with Crippen molar-refractivity contribution < 1.29 is 9.84 Å². The maximum Gasteiger partial charge on any atom is 0.171 e. The molecule has 0 radical (unpaired) electrons. The monoisotopic (exact) mass is 238 g/mol. The van der Waals surface area contributed by atoms with Crippen molar-refractivity contribution in [3.63, 3.8) is 0 Å². The van der Waals surface area contributed by atoms with Crippen molar-refractivity contribution in [2.75, 3.05) is 0 Å². The predicted octanol–water partition coefficient (Wildman–Crippen LogP) is 3.34. The van der Waals surface area contributed by atoms with Gasteiger partial charge < -0.3 is 9.84 Å². The molecule has 1 saturated carbocycles. The van der Waals surface area contributed by atoms with Crippen LogP contribution >= 0.6 is 0 Å². The summed E-state index contributed by atoms with van der Waals surface area (Å²) in [5.74, 6) is 1.31. The lowest BCUT2D eigenvalue weighted by atomic mass is 9.65. The lowest BCUT2D eigenvalue weighted by Crippen LogP contribution is -2.56. The minimum atomic E-state index is -0.839. The highest BCUT2D eigenvalue weighted by Gasteiger charge is 2.67. The minimum Gasteiger partial charge on any atom is -0.365 e. The molecule has 0 aromatic carbocycles. The summed E-state index contributed by atoms with van der Waals surface area (Å²) in [5.41, 5.74) is -0.0612. The molecule has 17 heavy (non-hydrogen) atoms. The van der Waals surface area contributed by atoms with E-state index in [1.165, 1.54) is 6.42 Å². The Labute approximate surface area is 105 Å². The summed E-state index contributed by atoms with van der Waals surface area (Å²) in [6.45, 7) is 9.13. The van der Waals surface area contributed by atoms with Gasteiger partial charge in [-0.15, -0.1) is 0 Å². The first kappa shape index (κ1) is 12.0. The number of rotatable bonds is 1. The fourth-order valence-electron chi connectivity index (χ4n) is 4.94. The van der Waals surface area contributed by atoms with Crippen LogP contribution < -0.4 is 0 Å². The van der Waals surface area contributed by atoms with Gasteiger partial charge in [-0.1, -0.05) is 20.8 Å². The molecular weight excluding hydrogens is 212 g/mol. The molecule has 1 N–H and O–H groups in total. The standard InChI is InChI=1S/C15H26O2/c1-10(2)11-5-6-14(4)12(11)9-13(3)7-8-15(14,16)17-13/h10-12,16H,5-9H2,1-4H3/t11-,12?,13-,14+,15?/m1/s1. The predicted molar refractivity (Wildman–Crippen MR) is 67.4 cm³/mol. The Bertz CT molecular complexity index is 340. The molecule has 1 aliphatic carbocycles. The zero-order chi connectivity index (χ0) is 12.5. The number of hydrogen-bond donors (Lipinski definition) is 1. The summed E-state index contributed by atoms with van der Waals surface area (Å²) in [7, 11) is 0. The Morgan fingerprint density at radius 1 is 1.18 bits per heavy atom. The van der Waals surface area contributed by atoms with Gasteiger partial charge in [0.1, 0.15) is 0 Å². The van der Waals surface area contributed by atoms with E-state index < -0.39 is 5.79 Å². The van der Waals surface area contributed by atoms with E-state index in [-0.39, 0.29) is 11.0 Å². The summed E-state index contributed by atoms with van der Waals surface area (Å²) in [6, 6.07) is 0. The van der Waals surface area contributed by atoms with Crippen LogP contribution in [-0.4, -0.2) is 16.5 Å². The molecule has 2 saturated heterocycles. The van der Waals surface area contributed by atoms with Crippen LogP contribution in [0.4, 0.5) is 0 Å². The quantitative estimate of drug-likeness (QED) is 0.759. The summed E-state index contributed by atoms with van der Waals surface area (Å²) < 4.78 is 6.07. The molecule has 3 rings (SSSR count). The molecule has 2 bridgehead atoms. The third-order valence-corrected chi connectivity index (χ3v) is 6.14. The van der Waals surface area contributed by atoms with Gasteiger partial charge >= 0.3 is 0 Å². The van der Waals surface area contributed by atoms with Crippen LogP contribution in [0.15, 0.2) is 0 Å². The molecule has 2 heteroatoms. The molecule has 2 aliphatic heterocycles. The molecule has 98 valence electrons. The zero-order valence-electron chi connectivity index (χ0n) is 11.6. The van der Waals surface area contributed by atoms with E-state index in [0.717, 1.165) is 37.5 Å². The van der Waals surface area contributed by atoms with Gasteiger partial charge in [0.05, 0.1) is 5.60 Å². The minimum absolute atomic E-state index is 0.00204. The second kappa shape index (κ2) is 3.27. The first-order valence-electron chi connectivity index (χ1n) is 7.22. The van der Waals surface area contributed by atoms with E-state index in [2.05, 4.69) is 27.7 Å². The Morgan fingerprint density at radius 3 is 2.53 bits per heavy atom. The summed E-state index contributed by atoms with van der Waals surface area (Å²) in [6.07, 6.45) is 5.41. The fraction of sp³-hybridized carbons (Fsp3) is 1.00. The van der Waals surface area contributed by atoms with Crippen LogP contribution in [0.2, 0.25) is 0 Å². The normalized spacial score (nSPS) is 57.5. The summed E-state index contributed by atoms with van der Waals surface area (Å²) >= 11 is 0. The van der Waals surface area contributed by atoms with Crippen LogP contribution in [0.1, 0.15) is 59.8 Å². The summed E-state index contributed by atoms with van der Waals surface area (Å²) in [4.78, 5) is 0. The van der Waals surface area contributed by atoms with E-state index in [1.807, 2.05) is 0 Å². The van der Waals surface area contributed by atoms with Gasteiger partial charge in [-0.05, 0) is 50.4 Å². The van der Waals surface area contributed by atoms with Crippen molar-refractivity contribution in [1.82, 2.24) is 0 Å². The Morgan fingerprint density at radius 2 is 1.88 bits per heavy atom. The van der Waals surface area contributed by atoms with E-state index in [1.54, 1.807) is 0 Å². The summed E-state index contributed by atoms with van der Waals surface area (Å²) in [5, 5.41) is 10.9. The topological polar surface area (TPSA) is 29.5 Å². The van der Waals surface area contributed by atoms with Crippen LogP contribution in [0.25, 0.3) is 0 Å². The maximum absolute atomic E-state index is 10.9. The van der Waals surface area contributed by atoms with Crippen LogP contribution in [0.3, 0.4) is 0 Å². The van der Waals surface area contributed by atoms with Gasteiger partial charge in [0.15, 0.2) is 5.79 Å². The molecule has 0 amide bonds. The third-order valence-electron chi connectivity index (χ3n) is 6.14. The highest BCUT2D eigenvalue weighted by Crippen LogP contribution is 2.66. The maximum atomic E-state index is 10.9. The molecule has 2 heterocycles. The average molecular weight is 238 g/mol. The van der Waals surface area contributed by atoms with E-state index >= 15 is 0 Å². The van der Waals surface area contributed by atoms with Crippen LogP contribution in [-0.2, 0) is 4.74 Å². The Kier molecular flexibility index (Phi) is 2.30. The van der Waals surface area contributed by atoms with Crippen molar-refractivity contribution in [1.29, 1.82) is 0 Å². The molecule has 0 aromatic heterocycles. The third kappa shape index (κ3) is 1.40. The number of ether oxygens (including phenoxy) is 1. The van der Waals surface area contributed by atoms with Crippen LogP contribution in [0, 0.1) is 23.2 Å². The van der Waals surface area contributed by atoms with Gasteiger partial charge in [0, 0.05) is 11.8 Å². The molecule has 3 aliphatic rings. The van der Waals surface area contributed by atoms with E-state index in [0.29, 0.717) is 5.92 Å². The Balaban J connectivity index is 1.99. The SMILES string of the molecule is CC(C)[C@H]1CC[C@@]2(C)C1C[C@@]1(C)CCC2(O)O1. The number of fused-ring (bicyclic) bond motifs is 4. The lowest BCUT2D eigenvalue weighted by Gasteiger charge is -2.52. The largest absolute Gasteiger partial charge is 0.365 e. The Hall–Kier alpha value is -0.0800. The first-order chi connectivity index (χ1) is 7.80. The molecule has 3 fully saturated rings. The molecule has 0 aromatic rings. The average Bonchev–Trinajstić information content (AvgIpc) is 2.68. The van der Waals surface area contributed by atoms with E-state index in [4.69, 9.17) is 4.74 Å². The van der Waals surface area contributed by atoms with Crippen molar-refractivity contribution in [3.8, 4) is 0 Å². The zero-order valence-corrected chi connectivity index (χ0v) is 11.6. The highest BCUT2D eigenvalue weighted by molar-refractivity contribution is 5.12. The van der Waals surface area contributed by atoms with Gasteiger partial charge in [-0.3, -0.25) is 0 Å². The second-order valence-corrected chi connectivity index (χ2v) is 7.51. The van der Waals surface area contributed by atoms with Gasteiger partial charge in [0.25, 0.3) is 0 Å². The van der Waals surface area contributed by atoms with Crippen molar-refractivity contribution in [2.45, 2.75) is 71.2 Å². The van der Waals surface area contributed by atoms with Crippen molar-refractivity contribution in [2.24, 2.45) is 23.2 Å². The van der Waals surface area contributed by atoms with Gasteiger partial charge in [-0.2, -0.15) is 0 Å². The smallest absolute Gasteiger partial charge is 0.171 e.